The van der Waals surface area contributed by atoms with E-state index >= 15 is 0 Å². The Morgan fingerprint density at radius 2 is 2.00 bits per heavy atom. The molecule has 1 N–H and O–H groups in total. The zero-order valence-corrected chi connectivity index (χ0v) is 11.4. The number of hydrogen-bond acceptors (Lipinski definition) is 4. The van der Waals surface area contributed by atoms with Crippen molar-refractivity contribution in [3.05, 3.63) is 58.1 Å². The van der Waals surface area contributed by atoms with Crippen molar-refractivity contribution in [2.45, 2.75) is 0 Å². The Morgan fingerprint density at radius 3 is 2.55 bits per heavy atom. The lowest BCUT2D eigenvalue weighted by atomic mass is 10.00. The van der Waals surface area contributed by atoms with Crippen LogP contribution in [0.2, 0.25) is 0 Å². The molecule has 0 fully saturated rings. The van der Waals surface area contributed by atoms with Gasteiger partial charge in [-0.05, 0) is 11.6 Å². The van der Waals surface area contributed by atoms with Gasteiger partial charge in [-0.15, -0.1) is 6.42 Å². The van der Waals surface area contributed by atoms with Crippen LogP contribution >= 0.6 is 0 Å². The van der Waals surface area contributed by atoms with Crippen LogP contribution in [0.25, 0.3) is 11.1 Å². The number of carboxylic acids is 1. The van der Waals surface area contributed by atoms with Crippen molar-refractivity contribution in [1.29, 1.82) is 0 Å². The molecule has 0 radical (unpaired) electrons. The normalized spacial score (nSPS) is 9.77. The van der Waals surface area contributed by atoms with Gasteiger partial charge in [0.05, 0.1) is 10.5 Å². The second-order valence-electron chi connectivity index (χ2n) is 4.29. The van der Waals surface area contributed by atoms with Crippen molar-refractivity contribution in [3.63, 3.8) is 0 Å². The second kappa shape index (κ2) is 6.41. The van der Waals surface area contributed by atoms with Gasteiger partial charge in [0.2, 0.25) is 0 Å². The molecule has 0 saturated heterocycles. The number of benzene rings is 2. The molecule has 0 aliphatic heterocycles. The number of aromatic carboxylic acids is 1. The van der Waals surface area contributed by atoms with Crippen molar-refractivity contribution < 1.29 is 19.6 Å². The Labute approximate surface area is 126 Å². The first-order valence-electron chi connectivity index (χ1n) is 6.22. The summed E-state index contributed by atoms with van der Waals surface area (Å²) in [6, 6.07) is 10.8. The van der Waals surface area contributed by atoms with E-state index in [-0.39, 0.29) is 29.2 Å². The Bertz CT molecular complexity index is 762. The first-order valence-corrected chi connectivity index (χ1v) is 6.22. The molecule has 0 heterocycles. The minimum absolute atomic E-state index is 0.0655. The molecular formula is C16H11NO5. The molecule has 0 amide bonds. The van der Waals surface area contributed by atoms with Crippen molar-refractivity contribution in [2.75, 3.05) is 6.61 Å². The van der Waals surface area contributed by atoms with Gasteiger partial charge in [0, 0.05) is 6.07 Å². The van der Waals surface area contributed by atoms with Gasteiger partial charge in [-0.1, -0.05) is 36.3 Å². The van der Waals surface area contributed by atoms with Gasteiger partial charge in [-0.3, -0.25) is 10.1 Å². The minimum Gasteiger partial charge on any atom is -0.480 e. The molecule has 2 aromatic carbocycles. The van der Waals surface area contributed by atoms with Gasteiger partial charge in [0.25, 0.3) is 5.69 Å². The van der Waals surface area contributed by atoms with Gasteiger partial charge < -0.3 is 9.84 Å². The summed E-state index contributed by atoms with van der Waals surface area (Å²) in [6.45, 7) is -0.125. The third-order valence-electron chi connectivity index (χ3n) is 2.90. The summed E-state index contributed by atoms with van der Waals surface area (Å²) in [7, 11) is 0. The largest absolute Gasteiger partial charge is 0.480 e. The summed E-state index contributed by atoms with van der Waals surface area (Å²) in [4.78, 5) is 21.8. The van der Waals surface area contributed by atoms with Gasteiger partial charge in [-0.2, -0.15) is 0 Å². The topological polar surface area (TPSA) is 89.7 Å². The maximum atomic E-state index is 11.3. The van der Waals surface area contributed by atoms with E-state index < -0.39 is 10.9 Å². The maximum absolute atomic E-state index is 11.3. The fraction of sp³-hybridized carbons (Fsp3) is 0.0625. The number of nitrogens with zero attached hydrogens (tertiary/aromatic N) is 1. The Balaban J connectivity index is 2.74. The van der Waals surface area contributed by atoms with E-state index in [1.807, 2.05) is 0 Å². The fourth-order valence-corrected chi connectivity index (χ4v) is 2.00. The lowest BCUT2D eigenvalue weighted by Gasteiger charge is -2.11. The van der Waals surface area contributed by atoms with Crippen LogP contribution in [0.5, 0.6) is 5.75 Å². The van der Waals surface area contributed by atoms with Crippen LogP contribution in [-0.2, 0) is 0 Å². The quantitative estimate of drug-likeness (QED) is 0.520. The van der Waals surface area contributed by atoms with E-state index in [2.05, 4.69) is 5.92 Å². The Morgan fingerprint density at radius 1 is 1.32 bits per heavy atom. The Hall–Kier alpha value is -3.33. The lowest BCUT2D eigenvalue weighted by molar-refractivity contribution is -0.384. The smallest absolute Gasteiger partial charge is 0.336 e. The first kappa shape index (κ1) is 15.1. The molecule has 22 heavy (non-hydrogen) atoms. The highest BCUT2D eigenvalue weighted by atomic mass is 16.6. The van der Waals surface area contributed by atoms with E-state index in [1.165, 1.54) is 6.07 Å². The summed E-state index contributed by atoms with van der Waals surface area (Å²) in [5, 5.41) is 20.4. The van der Waals surface area contributed by atoms with Gasteiger partial charge in [0.1, 0.15) is 17.9 Å². The summed E-state index contributed by atoms with van der Waals surface area (Å²) in [6.07, 6.45) is 5.14. The molecule has 0 saturated carbocycles. The molecule has 0 unspecified atom stereocenters. The van der Waals surface area contributed by atoms with Gasteiger partial charge in [-0.25, -0.2) is 4.79 Å². The molecule has 6 nitrogen and oxygen atoms in total. The minimum atomic E-state index is -1.28. The molecular weight excluding hydrogens is 286 g/mol. The molecule has 6 heteroatoms. The fourth-order valence-electron chi connectivity index (χ4n) is 2.00. The van der Waals surface area contributed by atoms with Gasteiger partial charge >= 0.3 is 5.97 Å². The number of rotatable bonds is 5. The van der Waals surface area contributed by atoms with E-state index in [1.54, 1.807) is 30.3 Å². The second-order valence-corrected chi connectivity index (χ2v) is 4.29. The number of nitro groups is 1. The van der Waals surface area contributed by atoms with Crippen LogP contribution in [0.3, 0.4) is 0 Å². The van der Waals surface area contributed by atoms with Crippen molar-refractivity contribution in [2.24, 2.45) is 0 Å². The average molecular weight is 297 g/mol. The third-order valence-corrected chi connectivity index (χ3v) is 2.90. The van der Waals surface area contributed by atoms with Gasteiger partial charge in [0.15, 0.2) is 0 Å². The zero-order valence-electron chi connectivity index (χ0n) is 11.4. The molecule has 0 bridgehead atoms. The Kier molecular flexibility index (Phi) is 4.39. The average Bonchev–Trinajstić information content (AvgIpc) is 2.52. The summed E-state index contributed by atoms with van der Waals surface area (Å²) < 4.78 is 5.32. The third kappa shape index (κ3) is 3.04. The number of hydrogen-bond donors (Lipinski definition) is 1. The number of terminal acetylenes is 1. The van der Waals surface area contributed by atoms with E-state index in [4.69, 9.17) is 16.3 Å². The summed E-state index contributed by atoms with van der Waals surface area (Å²) in [5.41, 5.74) is 0.153. The van der Waals surface area contributed by atoms with Crippen LogP contribution in [0.15, 0.2) is 42.5 Å². The van der Waals surface area contributed by atoms with Crippen LogP contribution in [-0.4, -0.2) is 22.6 Å². The van der Waals surface area contributed by atoms with Crippen LogP contribution in [0.1, 0.15) is 10.4 Å². The highest BCUT2D eigenvalue weighted by Gasteiger charge is 2.24. The maximum Gasteiger partial charge on any atom is 0.336 e. The molecule has 0 aliphatic carbocycles. The first-order chi connectivity index (χ1) is 10.5. The monoisotopic (exact) mass is 297 g/mol. The van der Waals surface area contributed by atoms with Crippen molar-refractivity contribution >= 4 is 11.7 Å². The molecule has 2 aromatic rings. The molecule has 0 atom stereocenters. The number of carbonyl (C=O) groups is 1. The van der Waals surface area contributed by atoms with Crippen molar-refractivity contribution in [1.82, 2.24) is 0 Å². The predicted molar refractivity (Wildman–Crippen MR) is 79.8 cm³/mol. The van der Waals surface area contributed by atoms with Crippen LogP contribution < -0.4 is 4.74 Å². The van der Waals surface area contributed by atoms with Crippen LogP contribution in [0.4, 0.5) is 5.69 Å². The summed E-state index contributed by atoms with van der Waals surface area (Å²) >= 11 is 0. The molecule has 0 aromatic heterocycles. The SMILES string of the molecule is C#CCOc1cc(C(=O)O)cc([N+](=O)[O-])c1-c1ccccc1. The highest BCUT2D eigenvalue weighted by molar-refractivity contribution is 5.92. The highest BCUT2D eigenvalue weighted by Crippen LogP contribution is 2.39. The van der Waals surface area contributed by atoms with E-state index in [0.29, 0.717) is 5.56 Å². The molecule has 110 valence electrons. The molecule has 0 aliphatic rings. The van der Waals surface area contributed by atoms with E-state index in [0.717, 1.165) is 6.07 Å². The van der Waals surface area contributed by atoms with E-state index in [9.17, 15) is 14.9 Å². The number of carboxylic acid groups (broad SMARTS) is 1. The predicted octanol–water partition coefficient (Wildman–Crippen LogP) is 2.97. The lowest BCUT2D eigenvalue weighted by Crippen LogP contribution is -2.04. The molecule has 0 spiro atoms. The summed E-state index contributed by atoms with van der Waals surface area (Å²) in [5.74, 6) is 1.03. The zero-order chi connectivity index (χ0) is 16.1. The van der Waals surface area contributed by atoms with Crippen molar-refractivity contribution in [3.8, 4) is 29.2 Å². The number of ether oxygens (including phenoxy) is 1. The standard InChI is InChI=1S/C16H11NO5/c1-2-8-22-14-10-12(16(18)19)9-13(17(20)21)15(14)11-6-4-3-5-7-11/h1,3-7,9-10H,8H2,(H,18,19). The molecule has 2 rings (SSSR count). The number of nitro benzene ring substituents is 1. The van der Waals surface area contributed by atoms with Crippen LogP contribution in [0, 0.1) is 22.5 Å².